The van der Waals surface area contributed by atoms with Crippen LogP contribution in [0.15, 0.2) is 53.9 Å². The molecule has 0 saturated carbocycles. The molecule has 0 aromatic carbocycles. The summed E-state index contributed by atoms with van der Waals surface area (Å²) in [6, 6.07) is 6.58. The van der Waals surface area contributed by atoms with Gasteiger partial charge in [-0.15, -0.1) is 0 Å². The number of hydrogen-bond acceptors (Lipinski definition) is 6. The molecule has 4 rings (SSSR count). The van der Waals surface area contributed by atoms with Gasteiger partial charge in [0.2, 0.25) is 10.0 Å². The summed E-state index contributed by atoms with van der Waals surface area (Å²) in [5.41, 5.74) is 3.23. The minimum absolute atomic E-state index is 0.183. The Hall–Kier alpha value is -3.11. The first-order valence-electron chi connectivity index (χ1n) is 9.59. The van der Waals surface area contributed by atoms with Crippen molar-refractivity contribution in [2.45, 2.75) is 24.3 Å². The van der Waals surface area contributed by atoms with Crippen molar-refractivity contribution >= 4 is 15.9 Å². The monoisotopic (exact) mass is 426 g/mol. The molecule has 0 fully saturated rings. The second kappa shape index (κ2) is 8.33. The van der Waals surface area contributed by atoms with E-state index in [9.17, 15) is 13.2 Å². The van der Waals surface area contributed by atoms with E-state index in [1.807, 2.05) is 11.7 Å². The maximum absolute atomic E-state index is 13.0. The van der Waals surface area contributed by atoms with Crippen LogP contribution in [0.25, 0.3) is 0 Å². The Labute approximate surface area is 174 Å². The molecule has 30 heavy (non-hydrogen) atoms. The molecule has 0 spiro atoms. The number of aryl methyl sites for hydroxylation is 1. The summed E-state index contributed by atoms with van der Waals surface area (Å²) in [5, 5.41) is 7.43. The number of amides is 1. The zero-order chi connectivity index (χ0) is 21.1. The molecule has 1 aliphatic heterocycles. The van der Waals surface area contributed by atoms with Gasteiger partial charge in [-0.3, -0.25) is 19.4 Å². The number of fused-ring (bicyclic) bond motifs is 1. The summed E-state index contributed by atoms with van der Waals surface area (Å²) < 4.78 is 29.2. The van der Waals surface area contributed by atoms with Gasteiger partial charge in [-0.05, 0) is 24.3 Å². The van der Waals surface area contributed by atoms with Crippen LogP contribution in [0, 0.1) is 0 Å². The van der Waals surface area contributed by atoms with Gasteiger partial charge in [0.15, 0.2) is 0 Å². The third-order valence-electron chi connectivity index (χ3n) is 5.13. The van der Waals surface area contributed by atoms with Crippen LogP contribution in [0.1, 0.15) is 27.3 Å². The van der Waals surface area contributed by atoms with Gasteiger partial charge in [0, 0.05) is 75.6 Å². The second-order valence-corrected chi connectivity index (χ2v) is 8.96. The SMILES string of the molecule is Cn1nc(CCNC(=O)c2cccnc2)c2c1CCN(S(=O)(=O)c1cccnc1)C2. The van der Waals surface area contributed by atoms with E-state index in [-0.39, 0.29) is 17.3 Å². The van der Waals surface area contributed by atoms with Crippen LogP contribution in [-0.4, -0.2) is 51.5 Å². The van der Waals surface area contributed by atoms with Gasteiger partial charge in [-0.25, -0.2) is 8.42 Å². The predicted octanol–water partition coefficient (Wildman–Crippen LogP) is 0.930. The molecule has 1 amide bonds. The van der Waals surface area contributed by atoms with E-state index in [4.69, 9.17) is 0 Å². The maximum Gasteiger partial charge on any atom is 0.252 e. The lowest BCUT2D eigenvalue weighted by atomic mass is 10.1. The van der Waals surface area contributed by atoms with E-state index in [0.717, 1.165) is 17.0 Å². The first kappa shape index (κ1) is 20.2. The summed E-state index contributed by atoms with van der Waals surface area (Å²) in [6.07, 6.45) is 7.13. The average molecular weight is 427 g/mol. The van der Waals surface area contributed by atoms with E-state index < -0.39 is 10.0 Å². The molecule has 0 radical (unpaired) electrons. The van der Waals surface area contributed by atoms with Crippen molar-refractivity contribution < 1.29 is 13.2 Å². The average Bonchev–Trinajstić information content (AvgIpc) is 3.10. The molecule has 0 unspecified atom stereocenters. The van der Waals surface area contributed by atoms with Crippen molar-refractivity contribution in [1.29, 1.82) is 0 Å². The molecule has 156 valence electrons. The highest BCUT2D eigenvalue weighted by Crippen LogP contribution is 2.26. The Morgan fingerprint density at radius 2 is 1.93 bits per heavy atom. The molecule has 9 nitrogen and oxygen atoms in total. The summed E-state index contributed by atoms with van der Waals surface area (Å²) in [5.74, 6) is -0.200. The Bertz CT molecular complexity index is 1150. The Kier molecular flexibility index (Phi) is 5.60. The Morgan fingerprint density at radius 3 is 2.63 bits per heavy atom. The lowest BCUT2D eigenvalue weighted by Gasteiger charge is -2.27. The normalized spacial score (nSPS) is 14.3. The lowest BCUT2D eigenvalue weighted by Crippen LogP contribution is -2.36. The zero-order valence-electron chi connectivity index (χ0n) is 16.5. The molecule has 0 bridgehead atoms. The highest BCUT2D eigenvalue weighted by Gasteiger charge is 2.31. The third-order valence-corrected chi connectivity index (χ3v) is 6.96. The highest BCUT2D eigenvalue weighted by molar-refractivity contribution is 7.89. The highest BCUT2D eigenvalue weighted by atomic mass is 32.2. The van der Waals surface area contributed by atoms with Crippen molar-refractivity contribution in [2.75, 3.05) is 13.1 Å². The molecule has 4 heterocycles. The Balaban J connectivity index is 1.47. The number of aromatic nitrogens is 4. The number of carbonyl (C=O) groups excluding carboxylic acids is 1. The summed E-state index contributed by atoms with van der Waals surface area (Å²) in [4.78, 5) is 20.3. The largest absolute Gasteiger partial charge is 0.352 e. The van der Waals surface area contributed by atoms with Gasteiger partial charge in [-0.2, -0.15) is 9.40 Å². The van der Waals surface area contributed by atoms with Gasteiger partial charge in [0.05, 0.1) is 11.3 Å². The van der Waals surface area contributed by atoms with Crippen LogP contribution >= 0.6 is 0 Å². The fourth-order valence-corrected chi connectivity index (χ4v) is 4.97. The second-order valence-electron chi connectivity index (χ2n) is 7.02. The van der Waals surface area contributed by atoms with Crippen LogP contribution in [-0.2, 0) is 36.5 Å². The van der Waals surface area contributed by atoms with Gasteiger partial charge >= 0.3 is 0 Å². The summed E-state index contributed by atoms with van der Waals surface area (Å²) in [7, 11) is -1.76. The molecule has 0 saturated heterocycles. The quantitative estimate of drug-likeness (QED) is 0.628. The van der Waals surface area contributed by atoms with Crippen molar-refractivity contribution in [3.05, 3.63) is 71.6 Å². The summed E-state index contributed by atoms with van der Waals surface area (Å²) >= 11 is 0. The number of carbonyl (C=O) groups is 1. The minimum atomic E-state index is -3.63. The Morgan fingerprint density at radius 1 is 1.17 bits per heavy atom. The topological polar surface area (TPSA) is 110 Å². The lowest BCUT2D eigenvalue weighted by molar-refractivity contribution is 0.0953. The molecule has 0 atom stereocenters. The van der Waals surface area contributed by atoms with E-state index in [1.54, 1.807) is 36.7 Å². The van der Waals surface area contributed by atoms with Crippen LogP contribution in [0.4, 0.5) is 0 Å². The summed E-state index contributed by atoms with van der Waals surface area (Å²) in [6.45, 7) is 1.04. The number of nitrogens with one attached hydrogen (secondary N) is 1. The molecule has 1 N–H and O–H groups in total. The van der Waals surface area contributed by atoms with E-state index >= 15 is 0 Å². The van der Waals surface area contributed by atoms with Crippen molar-refractivity contribution in [1.82, 2.24) is 29.4 Å². The number of nitrogens with zero attached hydrogens (tertiary/aromatic N) is 5. The number of sulfonamides is 1. The van der Waals surface area contributed by atoms with E-state index in [2.05, 4.69) is 20.4 Å². The van der Waals surface area contributed by atoms with Crippen LogP contribution in [0.3, 0.4) is 0 Å². The standard InChI is InChI=1S/C20H22N6O3S/c1-25-19-7-11-26(30(28,29)16-5-3-9-22-13-16)14-17(19)18(24-25)6-10-23-20(27)15-4-2-8-21-12-15/h2-5,8-9,12-13H,6-7,10-11,14H2,1H3,(H,23,27). The first-order chi connectivity index (χ1) is 14.5. The maximum atomic E-state index is 13.0. The molecule has 10 heteroatoms. The van der Waals surface area contributed by atoms with Gasteiger partial charge in [0.1, 0.15) is 4.90 Å². The van der Waals surface area contributed by atoms with Gasteiger partial charge < -0.3 is 5.32 Å². The van der Waals surface area contributed by atoms with Crippen molar-refractivity contribution in [3.63, 3.8) is 0 Å². The van der Waals surface area contributed by atoms with Crippen molar-refractivity contribution in [2.24, 2.45) is 7.05 Å². The zero-order valence-corrected chi connectivity index (χ0v) is 17.3. The molecule has 3 aromatic rings. The van der Waals surface area contributed by atoms with E-state index in [1.165, 1.54) is 16.7 Å². The fourth-order valence-electron chi connectivity index (χ4n) is 3.59. The van der Waals surface area contributed by atoms with Crippen LogP contribution in [0.2, 0.25) is 0 Å². The predicted molar refractivity (Wildman–Crippen MR) is 109 cm³/mol. The minimum Gasteiger partial charge on any atom is -0.352 e. The first-order valence-corrected chi connectivity index (χ1v) is 11.0. The smallest absolute Gasteiger partial charge is 0.252 e. The molecule has 3 aromatic heterocycles. The molecular formula is C20H22N6O3S. The fraction of sp³-hybridized carbons (Fsp3) is 0.300. The van der Waals surface area contributed by atoms with E-state index in [0.29, 0.717) is 31.5 Å². The molecule has 0 aliphatic carbocycles. The number of rotatable bonds is 6. The van der Waals surface area contributed by atoms with Crippen LogP contribution < -0.4 is 5.32 Å². The van der Waals surface area contributed by atoms with Gasteiger partial charge in [0.25, 0.3) is 5.91 Å². The molecule has 1 aliphatic rings. The van der Waals surface area contributed by atoms with Gasteiger partial charge in [-0.1, -0.05) is 0 Å². The van der Waals surface area contributed by atoms with Crippen LogP contribution in [0.5, 0.6) is 0 Å². The van der Waals surface area contributed by atoms with Crippen molar-refractivity contribution in [3.8, 4) is 0 Å². The molecular weight excluding hydrogens is 404 g/mol. The number of hydrogen-bond donors (Lipinski definition) is 1. The third kappa shape index (κ3) is 3.96. The number of pyridine rings is 2.